The lowest BCUT2D eigenvalue weighted by atomic mass is 10.2. The van der Waals surface area contributed by atoms with Crippen molar-refractivity contribution in [1.82, 2.24) is 14.9 Å². The molecule has 3 aromatic rings. The predicted octanol–water partition coefficient (Wildman–Crippen LogP) is 3.46. The van der Waals surface area contributed by atoms with E-state index in [2.05, 4.69) is 16.5 Å². The summed E-state index contributed by atoms with van der Waals surface area (Å²) < 4.78 is 7.35. The second kappa shape index (κ2) is 7.21. The summed E-state index contributed by atoms with van der Waals surface area (Å²) >= 11 is 0. The number of carbonyl (C=O) groups excluding carboxylic acids is 1. The molecule has 0 aliphatic heterocycles. The summed E-state index contributed by atoms with van der Waals surface area (Å²) in [4.78, 5) is 16.4. The Labute approximate surface area is 146 Å². The minimum atomic E-state index is -0.226. The smallest absolute Gasteiger partial charge is 0.243 e. The first kappa shape index (κ1) is 16.8. The van der Waals surface area contributed by atoms with Crippen molar-refractivity contribution in [3.05, 3.63) is 72.6 Å². The summed E-state index contributed by atoms with van der Waals surface area (Å²) in [5.41, 5.74) is 3.08. The van der Waals surface area contributed by atoms with Crippen LogP contribution in [0.5, 0.6) is 5.75 Å². The van der Waals surface area contributed by atoms with Gasteiger partial charge in [-0.15, -0.1) is 0 Å². The average molecular weight is 335 g/mol. The number of carbonyl (C=O) groups is 1. The Balaban J connectivity index is 2.00. The summed E-state index contributed by atoms with van der Waals surface area (Å²) in [5, 5.41) is 2.89. The molecule has 3 rings (SSSR count). The Hall–Kier alpha value is -3.08. The van der Waals surface area contributed by atoms with E-state index in [9.17, 15) is 4.79 Å². The lowest BCUT2D eigenvalue weighted by Gasteiger charge is -2.16. The van der Waals surface area contributed by atoms with Gasteiger partial charge in [-0.25, -0.2) is 4.98 Å². The Morgan fingerprint density at radius 1 is 1.28 bits per heavy atom. The summed E-state index contributed by atoms with van der Waals surface area (Å²) in [7, 11) is 1.65. The number of rotatable bonds is 6. The van der Waals surface area contributed by atoms with E-state index in [4.69, 9.17) is 9.72 Å². The Morgan fingerprint density at radius 3 is 2.68 bits per heavy atom. The molecule has 0 aliphatic carbocycles. The van der Waals surface area contributed by atoms with Gasteiger partial charge in [0.15, 0.2) is 0 Å². The van der Waals surface area contributed by atoms with E-state index in [1.54, 1.807) is 7.11 Å². The third kappa shape index (κ3) is 3.55. The highest BCUT2D eigenvalue weighted by atomic mass is 16.5. The molecule has 0 fully saturated rings. The van der Waals surface area contributed by atoms with Gasteiger partial charge in [0.05, 0.1) is 24.2 Å². The van der Waals surface area contributed by atoms with E-state index >= 15 is 0 Å². The van der Waals surface area contributed by atoms with Crippen molar-refractivity contribution in [1.29, 1.82) is 0 Å². The van der Waals surface area contributed by atoms with E-state index in [1.807, 2.05) is 55.5 Å². The van der Waals surface area contributed by atoms with Crippen LogP contribution in [0, 0.1) is 0 Å². The highest BCUT2D eigenvalue weighted by Crippen LogP contribution is 2.23. The van der Waals surface area contributed by atoms with Crippen LogP contribution in [-0.2, 0) is 11.3 Å². The normalized spacial score (nSPS) is 11.9. The van der Waals surface area contributed by atoms with Gasteiger partial charge < -0.3 is 14.6 Å². The summed E-state index contributed by atoms with van der Waals surface area (Å²) in [6.45, 7) is 6.09. The molecule has 1 aromatic heterocycles. The molecule has 5 heteroatoms. The molecule has 2 aromatic carbocycles. The van der Waals surface area contributed by atoms with Crippen molar-refractivity contribution in [2.24, 2.45) is 0 Å². The van der Waals surface area contributed by atoms with E-state index in [-0.39, 0.29) is 11.9 Å². The number of aromatic nitrogens is 2. The lowest BCUT2D eigenvalue weighted by molar-refractivity contribution is -0.117. The number of nitrogens with zero attached hydrogens (tertiary/aromatic N) is 2. The van der Waals surface area contributed by atoms with Crippen molar-refractivity contribution in [3.8, 4) is 5.75 Å². The zero-order valence-corrected chi connectivity index (χ0v) is 14.4. The molecule has 0 bridgehead atoms. The quantitative estimate of drug-likeness (QED) is 0.702. The molecule has 1 amide bonds. The lowest BCUT2D eigenvalue weighted by Crippen LogP contribution is -2.27. The van der Waals surface area contributed by atoms with E-state index in [0.29, 0.717) is 6.54 Å². The highest BCUT2D eigenvalue weighted by Gasteiger charge is 2.17. The monoisotopic (exact) mass is 335 g/mol. The molecule has 0 spiro atoms. The van der Waals surface area contributed by atoms with Crippen molar-refractivity contribution in [3.63, 3.8) is 0 Å². The highest BCUT2D eigenvalue weighted by molar-refractivity contribution is 5.87. The van der Waals surface area contributed by atoms with E-state index < -0.39 is 0 Å². The molecule has 0 saturated heterocycles. The number of ether oxygens (including phenoxy) is 1. The van der Waals surface area contributed by atoms with Gasteiger partial charge >= 0.3 is 0 Å². The molecule has 0 saturated carbocycles. The number of imidazole rings is 1. The fourth-order valence-electron chi connectivity index (χ4n) is 2.84. The minimum absolute atomic E-state index is 0.212. The number of hydrogen-bond donors (Lipinski definition) is 1. The van der Waals surface area contributed by atoms with Gasteiger partial charge in [-0.3, -0.25) is 4.79 Å². The number of para-hydroxylation sites is 2. The first-order valence-electron chi connectivity index (χ1n) is 8.13. The summed E-state index contributed by atoms with van der Waals surface area (Å²) in [6.07, 6.45) is 1.27. The van der Waals surface area contributed by atoms with Gasteiger partial charge in [-0.05, 0) is 42.8 Å². The average Bonchev–Trinajstić information content (AvgIpc) is 3.01. The predicted molar refractivity (Wildman–Crippen MR) is 98.6 cm³/mol. The first-order chi connectivity index (χ1) is 12.1. The fraction of sp³-hybridized carbons (Fsp3) is 0.200. The zero-order chi connectivity index (χ0) is 17.8. The van der Waals surface area contributed by atoms with Gasteiger partial charge in [0.25, 0.3) is 0 Å². The molecule has 1 atom stereocenters. The number of hydrogen-bond acceptors (Lipinski definition) is 3. The van der Waals surface area contributed by atoms with Crippen LogP contribution in [0.1, 0.15) is 24.4 Å². The van der Waals surface area contributed by atoms with Crippen LogP contribution in [0.15, 0.2) is 61.2 Å². The van der Waals surface area contributed by atoms with Crippen LogP contribution >= 0.6 is 0 Å². The topological polar surface area (TPSA) is 56.2 Å². The molecular weight excluding hydrogens is 314 g/mol. The third-order valence-corrected chi connectivity index (χ3v) is 4.12. The van der Waals surface area contributed by atoms with Gasteiger partial charge in [0, 0.05) is 6.54 Å². The van der Waals surface area contributed by atoms with E-state index in [0.717, 1.165) is 28.2 Å². The maximum Gasteiger partial charge on any atom is 0.243 e. The maximum atomic E-state index is 11.7. The molecular formula is C20H21N3O2. The Bertz CT molecular complexity index is 897. The fourth-order valence-corrected chi connectivity index (χ4v) is 2.84. The van der Waals surface area contributed by atoms with Crippen molar-refractivity contribution in [2.45, 2.75) is 19.5 Å². The minimum Gasteiger partial charge on any atom is -0.497 e. The largest absolute Gasteiger partial charge is 0.497 e. The molecule has 1 N–H and O–H groups in total. The van der Waals surface area contributed by atoms with Crippen LogP contribution in [-0.4, -0.2) is 22.6 Å². The van der Waals surface area contributed by atoms with Crippen LogP contribution in [0.2, 0.25) is 0 Å². The van der Waals surface area contributed by atoms with Crippen LogP contribution in [0.3, 0.4) is 0 Å². The van der Waals surface area contributed by atoms with Crippen molar-refractivity contribution < 1.29 is 9.53 Å². The van der Waals surface area contributed by atoms with Gasteiger partial charge in [0.2, 0.25) is 5.91 Å². The Kier molecular flexibility index (Phi) is 4.84. The molecule has 128 valence electrons. The first-order valence-corrected chi connectivity index (χ1v) is 8.13. The van der Waals surface area contributed by atoms with Crippen LogP contribution < -0.4 is 10.1 Å². The second-order valence-corrected chi connectivity index (χ2v) is 5.83. The van der Waals surface area contributed by atoms with Crippen LogP contribution in [0.4, 0.5) is 0 Å². The van der Waals surface area contributed by atoms with Crippen molar-refractivity contribution >= 4 is 16.9 Å². The maximum absolute atomic E-state index is 11.7. The van der Waals surface area contributed by atoms with Gasteiger partial charge in [-0.1, -0.05) is 30.8 Å². The summed E-state index contributed by atoms with van der Waals surface area (Å²) in [6, 6.07) is 15.7. The van der Waals surface area contributed by atoms with Crippen molar-refractivity contribution in [2.75, 3.05) is 7.11 Å². The number of fused-ring (bicyclic) bond motifs is 1. The Morgan fingerprint density at radius 2 is 2.00 bits per heavy atom. The van der Waals surface area contributed by atoms with Crippen LogP contribution in [0.25, 0.3) is 11.0 Å². The molecule has 1 unspecified atom stereocenters. The molecule has 1 heterocycles. The van der Waals surface area contributed by atoms with Gasteiger partial charge in [-0.2, -0.15) is 0 Å². The number of methoxy groups -OCH3 is 1. The number of amides is 1. The molecule has 5 nitrogen and oxygen atoms in total. The zero-order valence-electron chi connectivity index (χ0n) is 14.4. The third-order valence-electron chi connectivity index (χ3n) is 4.12. The molecule has 0 aliphatic rings. The molecule has 25 heavy (non-hydrogen) atoms. The number of benzene rings is 2. The number of nitrogens with one attached hydrogen (secondary N) is 1. The SMILES string of the molecule is C=CC(=O)NC(C)c1nc2ccccc2n1Cc1ccc(OC)cc1. The second-order valence-electron chi connectivity index (χ2n) is 5.83. The molecule has 0 radical (unpaired) electrons. The van der Waals surface area contributed by atoms with Gasteiger partial charge in [0.1, 0.15) is 11.6 Å². The van der Waals surface area contributed by atoms with E-state index in [1.165, 1.54) is 6.08 Å². The summed E-state index contributed by atoms with van der Waals surface area (Å²) in [5.74, 6) is 1.42. The standard InChI is InChI=1S/C20H21N3O2/c1-4-19(24)21-14(2)20-22-17-7-5-6-8-18(17)23(20)13-15-9-11-16(25-3)12-10-15/h4-12,14H,1,13H2,2-3H3,(H,21,24).